The number of anilines is 2. The highest BCUT2D eigenvalue weighted by Crippen LogP contribution is 2.37. The van der Waals surface area contributed by atoms with Crippen molar-refractivity contribution in [3.63, 3.8) is 0 Å². The maximum atomic E-state index is 13.1. The van der Waals surface area contributed by atoms with Crippen LogP contribution in [0.25, 0.3) is 11.4 Å². The van der Waals surface area contributed by atoms with Crippen LogP contribution in [-0.2, 0) is 11.0 Å². The monoisotopic (exact) mass is 477 g/mol. The Labute approximate surface area is 191 Å². The summed E-state index contributed by atoms with van der Waals surface area (Å²) in [6.45, 7) is 0.465. The van der Waals surface area contributed by atoms with E-state index in [1.165, 1.54) is 0 Å². The van der Waals surface area contributed by atoms with Gasteiger partial charge < -0.3 is 10.2 Å². The number of benzene rings is 1. The van der Waals surface area contributed by atoms with E-state index in [-0.39, 0.29) is 16.7 Å². The van der Waals surface area contributed by atoms with Crippen LogP contribution in [0.15, 0.2) is 36.5 Å². The molecule has 1 aliphatic carbocycles. The minimum atomic E-state index is -4.54. The lowest BCUT2D eigenvalue weighted by molar-refractivity contribution is -0.137. The molecule has 1 atom stereocenters. The number of nitrogens with one attached hydrogen (secondary N) is 1. The van der Waals surface area contributed by atoms with Crippen LogP contribution in [0.4, 0.5) is 24.7 Å². The molecular weight excluding hydrogens is 459 g/mol. The van der Waals surface area contributed by atoms with Gasteiger partial charge in [0, 0.05) is 24.0 Å². The molecule has 0 spiro atoms. The van der Waals surface area contributed by atoms with Gasteiger partial charge in [0.05, 0.1) is 16.6 Å². The van der Waals surface area contributed by atoms with Crippen molar-refractivity contribution in [1.82, 2.24) is 25.2 Å². The molecule has 33 heavy (non-hydrogen) atoms. The first kappa shape index (κ1) is 21.6. The molecule has 1 aliphatic heterocycles. The second-order valence-electron chi connectivity index (χ2n) is 8.13. The minimum absolute atomic E-state index is 0.140. The second kappa shape index (κ2) is 8.29. The van der Waals surface area contributed by atoms with E-state index in [4.69, 9.17) is 11.6 Å². The number of alkyl halides is 3. The van der Waals surface area contributed by atoms with E-state index in [2.05, 4.69) is 25.8 Å². The molecule has 1 N–H and O–H groups in total. The molecule has 2 aliphatic rings. The zero-order valence-electron chi connectivity index (χ0n) is 17.3. The Morgan fingerprint density at radius 2 is 2.00 bits per heavy atom. The lowest BCUT2D eigenvalue weighted by Crippen LogP contribution is -2.40. The van der Waals surface area contributed by atoms with Gasteiger partial charge in [-0.25, -0.2) is 9.67 Å². The molecule has 2 fully saturated rings. The molecule has 1 amide bonds. The van der Waals surface area contributed by atoms with Crippen LogP contribution in [0.5, 0.6) is 0 Å². The summed E-state index contributed by atoms with van der Waals surface area (Å²) in [6.07, 6.45) is -0.514. The maximum absolute atomic E-state index is 13.1. The lowest BCUT2D eigenvalue weighted by atomic mass is 10.1. The van der Waals surface area contributed by atoms with Crippen molar-refractivity contribution in [3.05, 3.63) is 47.1 Å². The predicted molar refractivity (Wildman–Crippen MR) is 115 cm³/mol. The Morgan fingerprint density at radius 1 is 1.18 bits per heavy atom. The Morgan fingerprint density at radius 3 is 2.73 bits per heavy atom. The zero-order valence-corrected chi connectivity index (χ0v) is 18.0. The van der Waals surface area contributed by atoms with Crippen molar-refractivity contribution in [3.8, 4) is 11.4 Å². The predicted octanol–water partition coefficient (Wildman–Crippen LogP) is 4.35. The number of hydrogen-bond acceptors (Lipinski definition) is 6. The van der Waals surface area contributed by atoms with Gasteiger partial charge >= 0.3 is 6.18 Å². The first-order valence-corrected chi connectivity index (χ1v) is 10.9. The Kier molecular flexibility index (Phi) is 5.43. The van der Waals surface area contributed by atoms with Crippen LogP contribution in [0, 0.1) is 0 Å². The molecule has 12 heteroatoms. The number of halogens is 4. The second-order valence-corrected chi connectivity index (χ2v) is 8.53. The van der Waals surface area contributed by atoms with Crippen molar-refractivity contribution >= 4 is 29.0 Å². The van der Waals surface area contributed by atoms with Crippen LogP contribution in [0.3, 0.4) is 0 Å². The van der Waals surface area contributed by atoms with Crippen LogP contribution in [-0.4, -0.2) is 43.7 Å². The van der Waals surface area contributed by atoms with E-state index in [9.17, 15) is 18.0 Å². The number of carbonyl (C=O) groups excluding carboxylic acids is 1. The minimum Gasteiger partial charge on any atom is -0.343 e. The summed E-state index contributed by atoms with van der Waals surface area (Å²) in [5.74, 6) is 0.515. The molecule has 1 aromatic carbocycles. The smallest absolute Gasteiger partial charge is 0.343 e. The summed E-state index contributed by atoms with van der Waals surface area (Å²) < 4.78 is 40.6. The molecule has 5 rings (SSSR count). The van der Waals surface area contributed by atoms with Crippen LogP contribution in [0.2, 0.25) is 5.02 Å². The summed E-state index contributed by atoms with van der Waals surface area (Å²) in [5.41, 5.74) is 0.420. The molecule has 172 valence electrons. The van der Waals surface area contributed by atoms with Crippen LogP contribution in [0.1, 0.15) is 37.3 Å². The van der Waals surface area contributed by atoms with E-state index < -0.39 is 17.8 Å². The normalized spacial score (nSPS) is 18.5. The van der Waals surface area contributed by atoms with Gasteiger partial charge in [0.15, 0.2) is 5.82 Å². The third-order valence-electron chi connectivity index (χ3n) is 5.75. The Hall–Kier alpha value is -3.21. The van der Waals surface area contributed by atoms with Crippen molar-refractivity contribution in [1.29, 1.82) is 0 Å². The summed E-state index contributed by atoms with van der Waals surface area (Å²) in [4.78, 5) is 18.6. The van der Waals surface area contributed by atoms with Crippen LogP contribution >= 0.6 is 11.6 Å². The van der Waals surface area contributed by atoms with Gasteiger partial charge in [0.2, 0.25) is 5.91 Å². The fourth-order valence-corrected chi connectivity index (χ4v) is 4.28. The number of amides is 1. The highest BCUT2D eigenvalue weighted by Gasteiger charge is 2.36. The average molecular weight is 478 g/mol. The molecule has 2 aromatic heterocycles. The number of hydrogen-bond donors (Lipinski definition) is 1. The standard InChI is InChI=1S/C21H19ClF3N7O/c22-16-10-13(21(23,24)25)11-26-19(16)31-8-2-5-17(31)20(33)27-14-4-1-3-12(9-14)18-28-29-30-32(18)15-6-7-15/h1,3-4,9-11,15,17H,2,5-8H2,(H,27,33). The van der Waals surface area contributed by atoms with E-state index in [0.717, 1.165) is 30.7 Å². The lowest BCUT2D eigenvalue weighted by Gasteiger charge is -2.26. The maximum Gasteiger partial charge on any atom is 0.417 e. The van der Waals surface area contributed by atoms with Gasteiger partial charge in [-0.3, -0.25) is 4.79 Å². The fourth-order valence-electron chi connectivity index (χ4n) is 4.00. The molecule has 0 bridgehead atoms. The molecular formula is C21H19ClF3N7O. The third kappa shape index (κ3) is 4.37. The number of aromatic nitrogens is 5. The van der Waals surface area contributed by atoms with E-state index in [1.54, 1.807) is 27.8 Å². The summed E-state index contributed by atoms with van der Waals surface area (Å²) >= 11 is 6.11. The van der Waals surface area contributed by atoms with Gasteiger partial charge in [0.1, 0.15) is 11.9 Å². The molecule has 3 aromatic rings. The highest BCUT2D eigenvalue weighted by molar-refractivity contribution is 6.33. The quantitative estimate of drug-likeness (QED) is 0.587. The van der Waals surface area contributed by atoms with Gasteiger partial charge in [-0.1, -0.05) is 23.7 Å². The molecule has 8 nitrogen and oxygen atoms in total. The number of rotatable bonds is 5. The summed E-state index contributed by atoms with van der Waals surface area (Å²) in [5, 5.41) is 14.7. The Balaban J connectivity index is 1.34. The Bertz CT molecular complexity index is 1190. The SMILES string of the molecule is O=C(Nc1cccc(-c2nnnn2C2CC2)c1)C1CCCN1c1ncc(C(F)(F)F)cc1Cl. The van der Waals surface area contributed by atoms with E-state index >= 15 is 0 Å². The first-order valence-electron chi connectivity index (χ1n) is 10.5. The molecule has 1 unspecified atom stereocenters. The van der Waals surface area contributed by atoms with Gasteiger partial charge in [-0.15, -0.1) is 5.10 Å². The molecule has 1 saturated carbocycles. The van der Waals surface area contributed by atoms with Gasteiger partial charge in [-0.2, -0.15) is 13.2 Å². The fraction of sp³-hybridized carbons (Fsp3) is 0.381. The molecule has 3 heterocycles. The van der Waals surface area contributed by atoms with Crippen molar-refractivity contribution in [2.75, 3.05) is 16.8 Å². The number of carbonyl (C=O) groups is 1. The largest absolute Gasteiger partial charge is 0.417 e. The average Bonchev–Trinajstić information content (AvgIpc) is 3.30. The third-order valence-corrected chi connectivity index (χ3v) is 6.03. The van der Waals surface area contributed by atoms with Gasteiger partial charge in [0.25, 0.3) is 0 Å². The first-order chi connectivity index (χ1) is 15.8. The van der Waals surface area contributed by atoms with E-state index in [0.29, 0.717) is 36.9 Å². The number of nitrogens with zero attached hydrogens (tertiary/aromatic N) is 6. The zero-order chi connectivity index (χ0) is 23.2. The summed E-state index contributed by atoms with van der Waals surface area (Å²) in [7, 11) is 0. The molecule has 1 saturated heterocycles. The molecule has 0 radical (unpaired) electrons. The highest BCUT2D eigenvalue weighted by atomic mass is 35.5. The number of pyridine rings is 1. The van der Waals surface area contributed by atoms with Gasteiger partial charge in [-0.05, 0) is 54.3 Å². The summed E-state index contributed by atoms with van der Waals surface area (Å²) in [6, 6.07) is 7.77. The van der Waals surface area contributed by atoms with Crippen molar-refractivity contribution in [2.24, 2.45) is 0 Å². The van der Waals surface area contributed by atoms with Crippen molar-refractivity contribution < 1.29 is 18.0 Å². The van der Waals surface area contributed by atoms with E-state index in [1.807, 2.05) is 6.07 Å². The topological polar surface area (TPSA) is 88.8 Å². The van der Waals surface area contributed by atoms with Crippen LogP contribution < -0.4 is 10.2 Å². The number of tetrazole rings is 1. The van der Waals surface area contributed by atoms with Crippen molar-refractivity contribution in [2.45, 2.75) is 43.9 Å².